The lowest BCUT2D eigenvalue weighted by Crippen LogP contribution is -2.44. The van der Waals surface area contributed by atoms with Gasteiger partial charge >= 0.3 is 0 Å². The number of fused-ring (bicyclic) bond motifs is 1. The number of Topliss-reactive ketones (excluding diaryl/α,β-unsaturated/α-hetero) is 1. The summed E-state index contributed by atoms with van der Waals surface area (Å²) >= 11 is 7.48. The fourth-order valence-electron chi connectivity index (χ4n) is 5.36. The van der Waals surface area contributed by atoms with Crippen molar-refractivity contribution in [1.82, 2.24) is 19.4 Å². The first-order valence-electron chi connectivity index (χ1n) is 13.0. The van der Waals surface area contributed by atoms with Gasteiger partial charge in [-0.1, -0.05) is 41.9 Å². The molecule has 6 nitrogen and oxygen atoms in total. The van der Waals surface area contributed by atoms with Gasteiger partial charge in [-0.05, 0) is 49.7 Å². The number of carbonyl (C=O) groups is 1. The van der Waals surface area contributed by atoms with E-state index in [9.17, 15) is 9.59 Å². The number of likely N-dealkylation sites (N-methyl/N-ethyl adjacent to an activating group) is 1. The van der Waals surface area contributed by atoms with Crippen LogP contribution in [0.1, 0.15) is 34.5 Å². The topological polar surface area (TPSA) is 58.4 Å². The largest absolute Gasteiger partial charge is 0.304 e. The molecule has 0 atom stereocenters. The van der Waals surface area contributed by atoms with Crippen LogP contribution in [-0.4, -0.2) is 58.4 Å². The third-order valence-electron chi connectivity index (χ3n) is 7.52. The number of piperazine rings is 1. The van der Waals surface area contributed by atoms with Crippen LogP contribution in [0, 0.1) is 0 Å². The SMILES string of the molecule is CN1CCN(Cc2ccccc2-n2c3c(cc(-c4nc(-c5ccc(Cl)cc5)cs4)c2=O)C(=O)CCC3)CC1. The van der Waals surface area contributed by atoms with E-state index in [0.29, 0.717) is 34.0 Å². The Hall–Kier alpha value is -3.10. The third-order valence-corrected chi connectivity index (χ3v) is 8.65. The van der Waals surface area contributed by atoms with E-state index < -0.39 is 0 Å². The molecule has 1 aliphatic carbocycles. The lowest BCUT2D eigenvalue weighted by molar-refractivity contribution is 0.0971. The van der Waals surface area contributed by atoms with Gasteiger partial charge in [0, 0.05) is 66.4 Å². The number of rotatable bonds is 5. The normalized spacial score (nSPS) is 16.5. The average molecular weight is 545 g/mol. The minimum absolute atomic E-state index is 0.0901. The van der Waals surface area contributed by atoms with E-state index >= 15 is 0 Å². The second-order valence-corrected chi connectivity index (χ2v) is 11.4. The number of thiazole rings is 1. The predicted octanol–water partition coefficient (Wildman–Crippen LogP) is 5.55. The number of ketones is 1. The van der Waals surface area contributed by atoms with Crippen molar-refractivity contribution in [3.63, 3.8) is 0 Å². The van der Waals surface area contributed by atoms with Crippen LogP contribution in [0.3, 0.4) is 0 Å². The molecule has 0 spiro atoms. The van der Waals surface area contributed by atoms with Gasteiger partial charge in [0.15, 0.2) is 5.78 Å². The average Bonchev–Trinajstić information content (AvgIpc) is 3.41. The van der Waals surface area contributed by atoms with Crippen LogP contribution < -0.4 is 5.56 Å². The smallest absolute Gasteiger partial charge is 0.265 e. The molecule has 1 aliphatic heterocycles. The molecular weight excluding hydrogens is 516 g/mol. The van der Waals surface area contributed by atoms with E-state index in [2.05, 4.69) is 22.9 Å². The van der Waals surface area contributed by atoms with E-state index in [1.807, 2.05) is 47.8 Å². The van der Waals surface area contributed by atoms with Crippen molar-refractivity contribution in [1.29, 1.82) is 0 Å². The molecule has 6 rings (SSSR count). The predicted molar refractivity (Wildman–Crippen MR) is 154 cm³/mol. The molecule has 0 unspecified atom stereocenters. The maximum atomic E-state index is 14.2. The Labute approximate surface area is 231 Å². The molecule has 194 valence electrons. The number of halogens is 1. The molecule has 2 aliphatic rings. The molecule has 2 aromatic heterocycles. The molecule has 0 N–H and O–H groups in total. The monoisotopic (exact) mass is 544 g/mol. The summed E-state index contributed by atoms with van der Waals surface area (Å²) in [4.78, 5) is 36.9. The summed E-state index contributed by atoms with van der Waals surface area (Å²) in [7, 11) is 2.15. The molecule has 38 heavy (non-hydrogen) atoms. The number of para-hydroxylation sites is 1. The van der Waals surface area contributed by atoms with E-state index in [0.717, 1.165) is 67.3 Å². The van der Waals surface area contributed by atoms with Crippen molar-refractivity contribution in [2.45, 2.75) is 25.8 Å². The quantitative estimate of drug-likeness (QED) is 0.330. The lowest BCUT2D eigenvalue weighted by atomic mass is 9.92. The summed E-state index contributed by atoms with van der Waals surface area (Å²) in [6.45, 7) is 4.80. The summed E-state index contributed by atoms with van der Waals surface area (Å²) in [5.41, 5.74) is 5.48. The summed E-state index contributed by atoms with van der Waals surface area (Å²) in [6.07, 6.45) is 1.96. The molecular formula is C30H29ClN4O2S. The zero-order valence-corrected chi connectivity index (χ0v) is 22.9. The van der Waals surface area contributed by atoms with Crippen LogP contribution >= 0.6 is 22.9 Å². The number of nitrogens with zero attached hydrogens (tertiary/aromatic N) is 4. The highest BCUT2D eigenvalue weighted by molar-refractivity contribution is 7.13. The van der Waals surface area contributed by atoms with Crippen LogP contribution in [0.5, 0.6) is 0 Å². The number of benzene rings is 2. The Morgan fingerprint density at radius 1 is 0.947 bits per heavy atom. The zero-order valence-electron chi connectivity index (χ0n) is 21.3. The van der Waals surface area contributed by atoms with Gasteiger partial charge in [-0.15, -0.1) is 11.3 Å². The van der Waals surface area contributed by atoms with Crippen molar-refractivity contribution in [3.05, 3.63) is 92.2 Å². The molecule has 1 saturated heterocycles. The minimum Gasteiger partial charge on any atom is -0.304 e. The number of carbonyl (C=O) groups excluding carboxylic acids is 1. The second-order valence-electron chi connectivity index (χ2n) is 10.1. The first kappa shape index (κ1) is 25.2. The Bertz CT molecular complexity index is 1550. The van der Waals surface area contributed by atoms with Gasteiger partial charge < -0.3 is 4.90 Å². The van der Waals surface area contributed by atoms with Crippen molar-refractivity contribution in [2.24, 2.45) is 0 Å². The zero-order chi connectivity index (χ0) is 26.2. The summed E-state index contributed by atoms with van der Waals surface area (Å²) < 4.78 is 1.80. The van der Waals surface area contributed by atoms with Crippen molar-refractivity contribution < 1.29 is 4.79 Å². The highest BCUT2D eigenvalue weighted by Crippen LogP contribution is 2.32. The first-order valence-corrected chi connectivity index (χ1v) is 14.3. The molecule has 3 heterocycles. The van der Waals surface area contributed by atoms with Gasteiger partial charge in [0.05, 0.1) is 16.9 Å². The second kappa shape index (κ2) is 10.6. The van der Waals surface area contributed by atoms with Gasteiger partial charge in [0.25, 0.3) is 5.56 Å². The van der Waals surface area contributed by atoms with Gasteiger partial charge in [-0.25, -0.2) is 4.98 Å². The Balaban J connectivity index is 1.47. The van der Waals surface area contributed by atoms with E-state index in [-0.39, 0.29) is 11.3 Å². The highest BCUT2D eigenvalue weighted by Gasteiger charge is 2.27. The van der Waals surface area contributed by atoms with E-state index in [4.69, 9.17) is 16.6 Å². The number of aromatic nitrogens is 2. The number of pyridine rings is 1. The molecule has 0 saturated carbocycles. The molecule has 4 aromatic rings. The fourth-order valence-corrected chi connectivity index (χ4v) is 6.32. The van der Waals surface area contributed by atoms with Crippen LogP contribution in [0.2, 0.25) is 5.02 Å². The Morgan fingerprint density at radius 2 is 1.71 bits per heavy atom. The van der Waals surface area contributed by atoms with Crippen molar-refractivity contribution in [3.8, 4) is 27.5 Å². The first-order chi connectivity index (χ1) is 18.5. The number of hydrogen-bond acceptors (Lipinski definition) is 6. The standard InChI is InChI=1S/C30H29ClN4O2S/c1-33-13-15-34(16-14-33)18-21-5-2-3-6-26(21)35-27-7-4-8-28(36)23(27)17-24(30(35)37)29-32-25(19-38-29)20-9-11-22(31)12-10-20/h2-3,5-6,9-12,17,19H,4,7-8,13-16,18H2,1H3. The molecule has 1 fully saturated rings. The maximum absolute atomic E-state index is 14.2. The van der Waals surface area contributed by atoms with Gasteiger partial charge in [-0.3, -0.25) is 19.1 Å². The fraction of sp³-hybridized carbons (Fsp3) is 0.300. The molecule has 0 amide bonds. The third kappa shape index (κ3) is 4.87. The number of hydrogen-bond donors (Lipinski definition) is 0. The Kier molecular flexibility index (Phi) is 7.01. The van der Waals surface area contributed by atoms with E-state index in [1.165, 1.54) is 11.3 Å². The van der Waals surface area contributed by atoms with Crippen molar-refractivity contribution >= 4 is 28.7 Å². The molecule has 2 aromatic carbocycles. The summed E-state index contributed by atoms with van der Waals surface area (Å²) in [6, 6.07) is 17.4. The van der Waals surface area contributed by atoms with Crippen LogP contribution in [0.15, 0.2) is 64.8 Å². The summed E-state index contributed by atoms with van der Waals surface area (Å²) in [5.74, 6) is 0.0901. The Morgan fingerprint density at radius 3 is 2.50 bits per heavy atom. The van der Waals surface area contributed by atoms with Crippen LogP contribution in [-0.2, 0) is 13.0 Å². The minimum atomic E-state index is -0.124. The highest BCUT2D eigenvalue weighted by atomic mass is 35.5. The molecule has 0 bridgehead atoms. The summed E-state index contributed by atoms with van der Waals surface area (Å²) in [5, 5.41) is 3.23. The van der Waals surface area contributed by atoms with E-state index in [1.54, 1.807) is 10.6 Å². The van der Waals surface area contributed by atoms with Crippen molar-refractivity contribution in [2.75, 3.05) is 33.2 Å². The van der Waals surface area contributed by atoms with Gasteiger partial charge in [-0.2, -0.15) is 0 Å². The maximum Gasteiger partial charge on any atom is 0.265 e. The molecule has 0 radical (unpaired) electrons. The van der Waals surface area contributed by atoms with Gasteiger partial charge in [0.1, 0.15) is 5.01 Å². The van der Waals surface area contributed by atoms with Crippen LogP contribution in [0.25, 0.3) is 27.5 Å². The van der Waals surface area contributed by atoms with Crippen LogP contribution in [0.4, 0.5) is 0 Å². The molecule has 8 heteroatoms. The van der Waals surface area contributed by atoms with Gasteiger partial charge in [0.2, 0.25) is 0 Å². The lowest BCUT2D eigenvalue weighted by Gasteiger charge is -2.33.